The van der Waals surface area contributed by atoms with Gasteiger partial charge in [0.2, 0.25) is 0 Å². The van der Waals surface area contributed by atoms with Crippen LogP contribution < -0.4 is 19.2 Å². The summed E-state index contributed by atoms with van der Waals surface area (Å²) in [6.45, 7) is 1.17. The van der Waals surface area contributed by atoms with E-state index in [9.17, 15) is 23.3 Å². The fourth-order valence-corrected chi connectivity index (χ4v) is 5.58. The van der Waals surface area contributed by atoms with Gasteiger partial charge in [-0.25, -0.2) is 13.8 Å². The number of nitrogens with zero attached hydrogens (tertiary/aromatic N) is 3. The number of hydrogen-bond acceptors (Lipinski definition) is 8. The number of hydrazone groups is 1. The number of ether oxygens (including phenoxy) is 2. The average Bonchev–Trinajstić information content (AvgIpc) is 3.00. The number of sulfonamides is 1. The monoisotopic (exact) mass is 622 g/mol. The Labute approximate surface area is 253 Å². The minimum atomic E-state index is -4.52. The molecular formula is C30H27ClN4O7S. The van der Waals surface area contributed by atoms with Crippen molar-refractivity contribution in [3.05, 3.63) is 123 Å². The number of anilines is 1. The zero-order valence-electron chi connectivity index (χ0n) is 23.1. The molecular weight excluding hydrogens is 596 g/mol. The van der Waals surface area contributed by atoms with E-state index in [1.165, 1.54) is 50.6 Å². The first kappa shape index (κ1) is 31.0. The molecule has 0 aliphatic rings. The maximum atomic E-state index is 13.8. The van der Waals surface area contributed by atoms with Crippen LogP contribution in [0.2, 0.25) is 5.02 Å². The van der Waals surface area contributed by atoms with Gasteiger partial charge < -0.3 is 9.47 Å². The Kier molecular flexibility index (Phi) is 9.96. The normalized spacial score (nSPS) is 11.2. The maximum absolute atomic E-state index is 13.8. The molecule has 4 aromatic rings. The minimum Gasteiger partial charge on any atom is -0.495 e. The largest absolute Gasteiger partial charge is 0.495 e. The molecule has 0 spiro atoms. The van der Waals surface area contributed by atoms with Gasteiger partial charge in [-0.3, -0.25) is 19.2 Å². The fourth-order valence-electron chi connectivity index (χ4n) is 3.97. The molecule has 0 aromatic heterocycles. The number of rotatable bonds is 12. The first-order chi connectivity index (χ1) is 20.6. The summed E-state index contributed by atoms with van der Waals surface area (Å²) in [5.74, 6) is -0.0237. The smallest absolute Gasteiger partial charge is 0.273 e. The molecule has 13 heteroatoms. The Morgan fingerprint density at radius 1 is 1.05 bits per heavy atom. The van der Waals surface area contributed by atoms with E-state index in [0.29, 0.717) is 17.9 Å². The molecule has 0 heterocycles. The van der Waals surface area contributed by atoms with E-state index in [1.807, 2.05) is 30.3 Å². The molecule has 43 heavy (non-hydrogen) atoms. The number of aryl methyl sites for hydroxylation is 1. The third kappa shape index (κ3) is 7.87. The van der Waals surface area contributed by atoms with Crippen molar-refractivity contribution in [2.24, 2.45) is 5.10 Å². The number of nitro benzene ring substituents is 1. The van der Waals surface area contributed by atoms with Gasteiger partial charge in [-0.15, -0.1) is 0 Å². The van der Waals surface area contributed by atoms with Gasteiger partial charge in [0.25, 0.3) is 21.6 Å². The third-order valence-electron chi connectivity index (χ3n) is 6.19. The summed E-state index contributed by atoms with van der Waals surface area (Å²) < 4.78 is 39.4. The van der Waals surface area contributed by atoms with E-state index >= 15 is 0 Å². The summed E-state index contributed by atoms with van der Waals surface area (Å²) in [4.78, 5) is 23.4. The van der Waals surface area contributed by atoms with E-state index in [-0.39, 0.29) is 27.7 Å². The summed E-state index contributed by atoms with van der Waals surface area (Å²) in [5.41, 5.74) is 3.86. The van der Waals surface area contributed by atoms with Gasteiger partial charge in [0, 0.05) is 16.7 Å². The molecule has 0 radical (unpaired) electrons. The number of nitrogens with one attached hydrogen (secondary N) is 1. The van der Waals surface area contributed by atoms with Crippen LogP contribution in [0.3, 0.4) is 0 Å². The minimum absolute atomic E-state index is 0.0385. The van der Waals surface area contributed by atoms with Gasteiger partial charge in [-0.2, -0.15) is 5.10 Å². The Bertz CT molecular complexity index is 1750. The summed E-state index contributed by atoms with van der Waals surface area (Å²) in [6.07, 6.45) is 1.39. The second-order valence-electron chi connectivity index (χ2n) is 9.17. The lowest BCUT2D eigenvalue weighted by atomic mass is 10.2. The van der Waals surface area contributed by atoms with Crippen LogP contribution in [0, 0.1) is 17.0 Å². The molecule has 1 N–H and O–H groups in total. The van der Waals surface area contributed by atoms with Crippen LogP contribution in [0.25, 0.3) is 0 Å². The van der Waals surface area contributed by atoms with Crippen LogP contribution in [0.4, 0.5) is 11.4 Å². The van der Waals surface area contributed by atoms with Crippen LogP contribution in [0.15, 0.2) is 101 Å². The molecule has 0 aliphatic carbocycles. The molecule has 0 bridgehead atoms. The number of carbonyl (C=O) groups excluding carboxylic acids is 1. The Balaban J connectivity index is 1.52. The molecule has 11 nitrogen and oxygen atoms in total. The lowest BCUT2D eigenvalue weighted by Crippen LogP contribution is -2.39. The van der Waals surface area contributed by atoms with Crippen LogP contribution >= 0.6 is 11.6 Å². The Morgan fingerprint density at radius 2 is 1.77 bits per heavy atom. The number of methoxy groups -OCH3 is 1. The lowest BCUT2D eigenvalue weighted by molar-refractivity contribution is -0.385. The Hall–Kier alpha value is -4.94. The quantitative estimate of drug-likeness (QED) is 0.125. The van der Waals surface area contributed by atoms with E-state index in [4.69, 9.17) is 21.1 Å². The zero-order valence-corrected chi connectivity index (χ0v) is 24.7. The SMILES string of the molecule is COc1ccc(Cl)cc1N(CC(=O)N/N=C\c1ccc(OCc2ccccc2)cc1)S(=O)(=O)c1ccc(C)c([N+](=O)[O-])c1. The van der Waals surface area contributed by atoms with Crippen LogP contribution in [0.1, 0.15) is 16.7 Å². The standard InChI is InChI=1S/C30H27ClN4O7S/c1-21-8-14-26(17-27(21)35(37)38)43(39,40)34(28-16-24(31)11-15-29(28)41-2)19-30(36)33-32-18-22-9-12-25(13-10-22)42-20-23-6-4-3-5-7-23/h3-18H,19-20H2,1-2H3,(H,33,36)/b32-18-. The molecule has 4 rings (SSSR count). The summed E-state index contributed by atoms with van der Waals surface area (Å²) >= 11 is 6.15. The molecule has 4 aromatic carbocycles. The second-order valence-corrected chi connectivity index (χ2v) is 11.5. The summed E-state index contributed by atoms with van der Waals surface area (Å²) in [5, 5.41) is 15.6. The fraction of sp³-hybridized carbons (Fsp3) is 0.133. The van der Waals surface area contributed by atoms with Crippen molar-refractivity contribution in [2.45, 2.75) is 18.4 Å². The number of halogens is 1. The molecule has 0 atom stereocenters. The van der Waals surface area contributed by atoms with Crippen LogP contribution in [-0.2, 0) is 21.4 Å². The predicted octanol–water partition coefficient (Wildman–Crippen LogP) is 5.49. The van der Waals surface area contributed by atoms with Crippen LogP contribution in [-0.4, -0.2) is 39.1 Å². The predicted molar refractivity (Wildman–Crippen MR) is 163 cm³/mol. The van der Waals surface area contributed by atoms with E-state index in [2.05, 4.69) is 10.5 Å². The number of amides is 1. The molecule has 1 amide bonds. The molecule has 0 saturated carbocycles. The topological polar surface area (TPSA) is 140 Å². The molecule has 0 unspecified atom stereocenters. The summed E-state index contributed by atoms with van der Waals surface area (Å²) in [6, 6.07) is 24.5. The van der Waals surface area contributed by atoms with Gasteiger partial charge in [-0.1, -0.05) is 48.0 Å². The maximum Gasteiger partial charge on any atom is 0.273 e. The average molecular weight is 623 g/mol. The van der Waals surface area contributed by atoms with Crippen molar-refractivity contribution >= 4 is 45.1 Å². The van der Waals surface area contributed by atoms with E-state index in [0.717, 1.165) is 15.9 Å². The number of carbonyl (C=O) groups is 1. The first-order valence-electron chi connectivity index (χ1n) is 12.8. The van der Waals surface area contributed by atoms with Crippen molar-refractivity contribution in [3.8, 4) is 11.5 Å². The van der Waals surface area contributed by atoms with Gasteiger partial charge in [0.15, 0.2) is 0 Å². The molecule has 0 fully saturated rings. The highest BCUT2D eigenvalue weighted by Gasteiger charge is 2.31. The first-order valence-corrected chi connectivity index (χ1v) is 14.6. The highest BCUT2D eigenvalue weighted by Crippen LogP contribution is 2.35. The lowest BCUT2D eigenvalue weighted by Gasteiger charge is -2.25. The van der Waals surface area contributed by atoms with Crippen molar-refractivity contribution < 1.29 is 27.6 Å². The van der Waals surface area contributed by atoms with Gasteiger partial charge in [0.1, 0.15) is 24.7 Å². The highest BCUT2D eigenvalue weighted by atomic mass is 35.5. The number of benzene rings is 4. The molecule has 0 saturated heterocycles. The van der Waals surface area contributed by atoms with Crippen molar-refractivity contribution in [3.63, 3.8) is 0 Å². The third-order valence-corrected chi connectivity index (χ3v) is 8.18. The number of nitro groups is 1. The molecule has 222 valence electrons. The van der Waals surface area contributed by atoms with Crippen molar-refractivity contribution in [1.82, 2.24) is 5.43 Å². The van der Waals surface area contributed by atoms with Gasteiger partial charge >= 0.3 is 0 Å². The van der Waals surface area contributed by atoms with Crippen molar-refractivity contribution in [1.29, 1.82) is 0 Å². The Morgan fingerprint density at radius 3 is 2.44 bits per heavy atom. The highest BCUT2D eigenvalue weighted by molar-refractivity contribution is 7.92. The van der Waals surface area contributed by atoms with Crippen LogP contribution in [0.5, 0.6) is 11.5 Å². The van der Waals surface area contributed by atoms with Gasteiger partial charge in [-0.05, 0) is 66.6 Å². The number of hydrogen-bond donors (Lipinski definition) is 1. The van der Waals surface area contributed by atoms with Crippen molar-refractivity contribution in [2.75, 3.05) is 18.0 Å². The summed E-state index contributed by atoms with van der Waals surface area (Å²) in [7, 11) is -3.19. The van der Waals surface area contributed by atoms with E-state index in [1.54, 1.807) is 24.3 Å². The van der Waals surface area contributed by atoms with Gasteiger partial charge in [0.05, 0.1) is 28.8 Å². The van der Waals surface area contributed by atoms with E-state index < -0.39 is 32.3 Å². The zero-order chi connectivity index (χ0) is 31.0. The second kappa shape index (κ2) is 13.8. The molecule has 0 aliphatic heterocycles.